The van der Waals surface area contributed by atoms with Crippen LogP contribution in [0.25, 0.3) is 11.0 Å². The van der Waals surface area contributed by atoms with E-state index in [0.29, 0.717) is 0 Å². The summed E-state index contributed by atoms with van der Waals surface area (Å²) in [5.74, 6) is 0. The van der Waals surface area contributed by atoms with Gasteiger partial charge in [0.2, 0.25) is 0 Å². The number of benzene rings is 1. The van der Waals surface area contributed by atoms with Crippen molar-refractivity contribution in [2.45, 2.75) is 6.54 Å². The summed E-state index contributed by atoms with van der Waals surface area (Å²) in [7, 11) is 0. The number of piperazine rings is 1. The van der Waals surface area contributed by atoms with Crippen LogP contribution < -0.4 is 0 Å². The normalized spacial score (nSPS) is 17.9. The SMILES string of the molecule is OCCN1CCN(CCn2nnc3ccccc32)CC1. The Morgan fingerprint density at radius 3 is 2.40 bits per heavy atom. The third kappa shape index (κ3) is 2.98. The van der Waals surface area contributed by atoms with Crippen LogP contribution in [0.2, 0.25) is 0 Å². The zero-order chi connectivity index (χ0) is 13.8. The number of aliphatic hydroxyl groups excluding tert-OH is 1. The third-order valence-corrected chi connectivity index (χ3v) is 3.93. The van der Waals surface area contributed by atoms with E-state index in [1.807, 2.05) is 22.9 Å². The molecule has 6 heteroatoms. The first-order valence-corrected chi connectivity index (χ1v) is 7.20. The molecule has 2 heterocycles. The van der Waals surface area contributed by atoms with Crippen molar-refractivity contribution >= 4 is 11.0 Å². The van der Waals surface area contributed by atoms with Gasteiger partial charge in [-0.3, -0.25) is 9.80 Å². The van der Waals surface area contributed by atoms with Gasteiger partial charge in [-0.05, 0) is 12.1 Å². The van der Waals surface area contributed by atoms with E-state index in [1.54, 1.807) is 0 Å². The molecule has 20 heavy (non-hydrogen) atoms. The van der Waals surface area contributed by atoms with E-state index in [-0.39, 0.29) is 6.61 Å². The standard InChI is InChI=1S/C14H21N5O/c20-12-11-18-7-5-17(6-8-18)9-10-19-14-4-2-1-3-13(14)15-16-19/h1-4,20H,5-12H2. The second-order valence-corrected chi connectivity index (χ2v) is 5.21. The Hall–Kier alpha value is -1.50. The molecule has 3 rings (SSSR count). The largest absolute Gasteiger partial charge is 0.395 e. The predicted molar refractivity (Wildman–Crippen MR) is 77.5 cm³/mol. The van der Waals surface area contributed by atoms with Crippen LogP contribution in [0.15, 0.2) is 24.3 Å². The zero-order valence-electron chi connectivity index (χ0n) is 11.6. The highest BCUT2D eigenvalue weighted by atomic mass is 16.3. The Balaban J connectivity index is 1.53. The quantitative estimate of drug-likeness (QED) is 0.835. The van der Waals surface area contributed by atoms with Gasteiger partial charge >= 0.3 is 0 Å². The maximum absolute atomic E-state index is 8.94. The molecule has 0 spiro atoms. The second kappa shape index (κ2) is 6.30. The first kappa shape index (κ1) is 13.5. The number of para-hydroxylation sites is 1. The molecule has 0 radical (unpaired) electrons. The number of aliphatic hydroxyl groups is 1. The third-order valence-electron chi connectivity index (χ3n) is 3.93. The van der Waals surface area contributed by atoms with Gasteiger partial charge in [0.05, 0.1) is 18.7 Å². The van der Waals surface area contributed by atoms with Gasteiger partial charge in [0.1, 0.15) is 5.52 Å². The Bertz CT molecular complexity index is 547. The average molecular weight is 275 g/mol. The molecule has 0 amide bonds. The highest BCUT2D eigenvalue weighted by molar-refractivity contribution is 5.73. The van der Waals surface area contributed by atoms with Crippen LogP contribution in [0, 0.1) is 0 Å². The molecule has 2 aromatic rings. The van der Waals surface area contributed by atoms with Crippen LogP contribution >= 0.6 is 0 Å². The lowest BCUT2D eigenvalue weighted by Crippen LogP contribution is -2.47. The number of β-amino-alcohol motifs (C(OH)–C–C–N with tert-alkyl or cyclic N) is 1. The molecular weight excluding hydrogens is 254 g/mol. The van der Waals surface area contributed by atoms with E-state index in [4.69, 9.17) is 5.11 Å². The number of rotatable bonds is 5. The summed E-state index contributed by atoms with van der Waals surface area (Å²) in [4.78, 5) is 4.76. The number of hydrogen-bond acceptors (Lipinski definition) is 5. The molecule has 1 fully saturated rings. The molecule has 0 saturated carbocycles. The summed E-state index contributed by atoms with van der Waals surface area (Å²) in [6, 6.07) is 8.07. The molecule has 0 unspecified atom stereocenters. The fourth-order valence-electron chi connectivity index (χ4n) is 2.70. The van der Waals surface area contributed by atoms with Crippen molar-refractivity contribution in [3.63, 3.8) is 0 Å². The van der Waals surface area contributed by atoms with E-state index in [0.717, 1.165) is 56.8 Å². The first-order valence-electron chi connectivity index (χ1n) is 7.20. The van der Waals surface area contributed by atoms with Gasteiger partial charge in [0.25, 0.3) is 0 Å². The maximum Gasteiger partial charge on any atom is 0.113 e. The molecule has 108 valence electrons. The summed E-state index contributed by atoms with van der Waals surface area (Å²) in [6.07, 6.45) is 0. The zero-order valence-corrected chi connectivity index (χ0v) is 11.6. The van der Waals surface area contributed by atoms with E-state index in [1.165, 1.54) is 0 Å². The summed E-state index contributed by atoms with van der Waals surface area (Å²) < 4.78 is 1.98. The molecular formula is C14H21N5O. The molecule has 1 aliphatic rings. The average Bonchev–Trinajstić information content (AvgIpc) is 2.90. The Morgan fingerprint density at radius 1 is 0.950 bits per heavy atom. The van der Waals surface area contributed by atoms with Gasteiger partial charge in [-0.2, -0.15) is 0 Å². The maximum atomic E-state index is 8.94. The van der Waals surface area contributed by atoms with E-state index in [2.05, 4.69) is 26.2 Å². The van der Waals surface area contributed by atoms with Crippen LogP contribution in [-0.4, -0.2) is 75.8 Å². The minimum Gasteiger partial charge on any atom is -0.395 e. The van der Waals surface area contributed by atoms with E-state index in [9.17, 15) is 0 Å². The van der Waals surface area contributed by atoms with Crippen molar-refractivity contribution in [2.75, 3.05) is 45.9 Å². The molecule has 6 nitrogen and oxygen atoms in total. The van der Waals surface area contributed by atoms with E-state index < -0.39 is 0 Å². The van der Waals surface area contributed by atoms with Gasteiger partial charge in [-0.25, -0.2) is 4.68 Å². The van der Waals surface area contributed by atoms with Crippen LogP contribution in [-0.2, 0) is 6.54 Å². The molecule has 1 N–H and O–H groups in total. The fourth-order valence-corrected chi connectivity index (χ4v) is 2.70. The predicted octanol–water partition coefficient (Wildman–Crippen LogP) is 0.0412. The summed E-state index contributed by atoms with van der Waals surface area (Å²) in [5, 5.41) is 17.3. The van der Waals surface area contributed by atoms with Crippen LogP contribution in [0.1, 0.15) is 0 Å². The lowest BCUT2D eigenvalue weighted by Gasteiger charge is -2.34. The topological polar surface area (TPSA) is 57.4 Å². The molecule has 0 atom stereocenters. The van der Waals surface area contributed by atoms with Gasteiger partial charge in [0, 0.05) is 39.3 Å². The smallest absolute Gasteiger partial charge is 0.113 e. The fraction of sp³-hybridized carbons (Fsp3) is 0.571. The molecule has 0 aliphatic carbocycles. The van der Waals surface area contributed by atoms with Crippen molar-refractivity contribution in [1.29, 1.82) is 0 Å². The summed E-state index contributed by atoms with van der Waals surface area (Å²) in [6.45, 7) is 7.13. The van der Waals surface area contributed by atoms with E-state index >= 15 is 0 Å². The highest BCUT2D eigenvalue weighted by Gasteiger charge is 2.16. The van der Waals surface area contributed by atoms with Gasteiger partial charge in [0.15, 0.2) is 0 Å². The first-order chi connectivity index (χ1) is 9.86. The van der Waals surface area contributed by atoms with Crippen molar-refractivity contribution in [3.05, 3.63) is 24.3 Å². The Morgan fingerprint density at radius 2 is 1.65 bits per heavy atom. The molecule has 1 aromatic heterocycles. The lowest BCUT2D eigenvalue weighted by atomic mass is 10.3. The van der Waals surface area contributed by atoms with Crippen LogP contribution in [0.4, 0.5) is 0 Å². The number of fused-ring (bicyclic) bond motifs is 1. The van der Waals surface area contributed by atoms with Crippen molar-refractivity contribution in [3.8, 4) is 0 Å². The minimum absolute atomic E-state index is 0.255. The van der Waals surface area contributed by atoms with Crippen molar-refractivity contribution in [1.82, 2.24) is 24.8 Å². The van der Waals surface area contributed by atoms with Gasteiger partial charge in [-0.15, -0.1) is 5.10 Å². The molecule has 1 aromatic carbocycles. The molecule has 1 aliphatic heterocycles. The Kier molecular flexibility index (Phi) is 4.25. The molecule has 1 saturated heterocycles. The van der Waals surface area contributed by atoms with Crippen molar-refractivity contribution in [2.24, 2.45) is 0 Å². The lowest BCUT2D eigenvalue weighted by molar-refractivity contribution is 0.110. The van der Waals surface area contributed by atoms with Crippen LogP contribution in [0.5, 0.6) is 0 Å². The highest BCUT2D eigenvalue weighted by Crippen LogP contribution is 2.10. The number of nitrogens with zero attached hydrogens (tertiary/aromatic N) is 5. The van der Waals surface area contributed by atoms with Gasteiger partial charge < -0.3 is 5.11 Å². The monoisotopic (exact) mass is 275 g/mol. The summed E-state index contributed by atoms with van der Waals surface area (Å²) in [5.41, 5.74) is 2.06. The van der Waals surface area contributed by atoms with Gasteiger partial charge in [-0.1, -0.05) is 17.3 Å². The molecule has 0 bridgehead atoms. The summed E-state index contributed by atoms with van der Waals surface area (Å²) >= 11 is 0. The second-order valence-electron chi connectivity index (χ2n) is 5.21. The van der Waals surface area contributed by atoms with Crippen LogP contribution in [0.3, 0.4) is 0 Å². The number of aromatic nitrogens is 3. The Labute approximate surface area is 118 Å². The minimum atomic E-state index is 0.255. The van der Waals surface area contributed by atoms with Crippen molar-refractivity contribution < 1.29 is 5.11 Å². The number of hydrogen-bond donors (Lipinski definition) is 1.